The topological polar surface area (TPSA) is 109 Å². The molecule has 0 radical (unpaired) electrons. The number of aliphatic hydroxyl groups is 1. The minimum Gasteiger partial charge on any atom is -0.388 e. The van der Waals surface area contributed by atoms with Gasteiger partial charge >= 0.3 is 0 Å². The van der Waals surface area contributed by atoms with E-state index in [9.17, 15) is 0 Å². The van der Waals surface area contributed by atoms with Gasteiger partial charge in [-0.3, -0.25) is 0 Å². The lowest BCUT2D eigenvalue weighted by molar-refractivity contribution is 0.122. The molecule has 8 heteroatoms. The summed E-state index contributed by atoms with van der Waals surface area (Å²) in [5.41, 5.74) is 7.57. The molecule has 0 bridgehead atoms. The van der Waals surface area contributed by atoms with Crippen LogP contribution in [-0.4, -0.2) is 46.4 Å². The molecule has 0 amide bonds. The number of benzene rings is 1. The zero-order valence-corrected chi connectivity index (χ0v) is 12.1. The van der Waals surface area contributed by atoms with E-state index in [1.807, 2.05) is 24.3 Å². The zero-order valence-electron chi connectivity index (χ0n) is 12.1. The molecule has 8 nitrogen and oxygen atoms in total. The summed E-state index contributed by atoms with van der Waals surface area (Å²) in [4.78, 5) is 14.2. The lowest BCUT2D eigenvalue weighted by atomic mass is 10.2. The Morgan fingerprint density at radius 2 is 1.86 bits per heavy atom. The molecule has 0 spiro atoms. The standard InChI is InChI=1S/C14H18N6O2/c15-13-17-12(9-21)18-14(19-13)16-10-1-3-11(4-2-10)20-5-7-22-8-6-20/h1-4,21H,5-9H2,(H3,15,16,17,18,19). The third kappa shape index (κ3) is 3.41. The van der Waals surface area contributed by atoms with E-state index in [4.69, 9.17) is 15.6 Å². The van der Waals surface area contributed by atoms with Crippen molar-refractivity contribution >= 4 is 23.3 Å². The van der Waals surface area contributed by atoms with Gasteiger partial charge in [0, 0.05) is 24.5 Å². The molecule has 0 atom stereocenters. The molecule has 1 aliphatic rings. The van der Waals surface area contributed by atoms with Crippen molar-refractivity contribution in [2.75, 3.05) is 42.3 Å². The van der Waals surface area contributed by atoms with Crippen molar-refractivity contribution in [2.45, 2.75) is 6.61 Å². The van der Waals surface area contributed by atoms with Crippen molar-refractivity contribution in [3.63, 3.8) is 0 Å². The van der Waals surface area contributed by atoms with Gasteiger partial charge in [0.15, 0.2) is 5.82 Å². The molecule has 2 heterocycles. The average Bonchev–Trinajstić information content (AvgIpc) is 2.56. The molecule has 1 fully saturated rings. The quantitative estimate of drug-likeness (QED) is 0.750. The van der Waals surface area contributed by atoms with Crippen molar-refractivity contribution in [3.05, 3.63) is 30.1 Å². The third-order valence-electron chi connectivity index (χ3n) is 3.34. The van der Waals surface area contributed by atoms with Crippen molar-refractivity contribution in [1.29, 1.82) is 0 Å². The van der Waals surface area contributed by atoms with E-state index >= 15 is 0 Å². The number of morpholine rings is 1. The Balaban J connectivity index is 1.71. The number of nitrogens with one attached hydrogen (secondary N) is 1. The van der Waals surface area contributed by atoms with Gasteiger partial charge in [-0.2, -0.15) is 15.0 Å². The highest BCUT2D eigenvalue weighted by molar-refractivity contribution is 5.59. The Bertz CT molecular complexity index is 628. The second-order valence-corrected chi connectivity index (χ2v) is 4.86. The van der Waals surface area contributed by atoms with Crippen molar-refractivity contribution in [1.82, 2.24) is 15.0 Å². The zero-order chi connectivity index (χ0) is 15.4. The van der Waals surface area contributed by atoms with E-state index in [0.29, 0.717) is 5.95 Å². The fourth-order valence-corrected chi connectivity index (χ4v) is 2.27. The lowest BCUT2D eigenvalue weighted by Crippen LogP contribution is -2.36. The summed E-state index contributed by atoms with van der Waals surface area (Å²) in [7, 11) is 0. The number of hydrogen-bond donors (Lipinski definition) is 3. The van der Waals surface area contributed by atoms with E-state index in [1.54, 1.807) is 0 Å². The summed E-state index contributed by atoms with van der Waals surface area (Å²) in [5, 5.41) is 12.1. The molecule has 1 aromatic heterocycles. The first-order chi connectivity index (χ1) is 10.7. The highest BCUT2D eigenvalue weighted by Gasteiger charge is 2.11. The SMILES string of the molecule is Nc1nc(CO)nc(Nc2ccc(N3CCOCC3)cc2)n1. The summed E-state index contributed by atoms with van der Waals surface area (Å²) < 4.78 is 5.35. The molecule has 0 unspecified atom stereocenters. The maximum Gasteiger partial charge on any atom is 0.232 e. The summed E-state index contributed by atoms with van der Waals surface area (Å²) in [5.74, 6) is 0.627. The number of aromatic nitrogens is 3. The molecular formula is C14H18N6O2. The molecule has 3 rings (SSSR count). The fraction of sp³-hybridized carbons (Fsp3) is 0.357. The number of nitrogen functional groups attached to an aromatic ring is 1. The number of hydrogen-bond acceptors (Lipinski definition) is 8. The summed E-state index contributed by atoms with van der Waals surface area (Å²) in [6.07, 6.45) is 0. The Morgan fingerprint density at radius 3 is 2.55 bits per heavy atom. The van der Waals surface area contributed by atoms with Crippen LogP contribution in [0.1, 0.15) is 5.82 Å². The normalized spacial score (nSPS) is 14.9. The van der Waals surface area contributed by atoms with Gasteiger partial charge in [0.2, 0.25) is 11.9 Å². The number of nitrogens with two attached hydrogens (primary N) is 1. The van der Waals surface area contributed by atoms with Crippen LogP contribution in [0.5, 0.6) is 0 Å². The maximum atomic E-state index is 9.08. The van der Waals surface area contributed by atoms with Crippen LogP contribution in [0.25, 0.3) is 0 Å². The van der Waals surface area contributed by atoms with Crippen molar-refractivity contribution < 1.29 is 9.84 Å². The molecule has 1 aliphatic heterocycles. The van der Waals surface area contributed by atoms with E-state index in [-0.39, 0.29) is 18.4 Å². The van der Waals surface area contributed by atoms with Gasteiger partial charge in [-0.25, -0.2) is 0 Å². The molecular weight excluding hydrogens is 284 g/mol. The first-order valence-corrected chi connectivity index (χ1v) is 7.05. The van der Waals surface area contributed by atoms with Gasteiger partial charge in [-0.1, -0.05) is 0 Å². The van der Waals surface area contributed by atoms with E-state index in [1.165, 1.54) is 0 Å². The molecule has 116 valence electrons. The molecule has 0 aliphatic carbocycles. The number of anilines is 4. The second kappa shape index (κ2) is 6.54. The van der Waals surface area contributed by atoms with Crippen LogP contribution in [0.3, 0.4) is 0 Å². The van der Waals surface area contributed by atoms with Crippen molar-refractivity contribution in [2.24, 2.45) is 0 Å². The van der Waals surface area contributed by atoms with Crippen LogP contribution in [0, 0.1) is 0 Å². The summed E-state index contributed by atoms with van der Waals surface area (Å²) in [6.45, 7) is 3.03. The predicted octanol–water partition coefficient (Wildman–Crippen LogP) is 0.526. The van der Waals surface area contributed by atoms with Gasteiger partial charge in [0.25, 0.3) is 0 Å². The molecule has 1 saturated heterocycles. The van der Waals surface area contributed by atoms with E-state index in [2.05, 4.69) is 25.2 Å². The van der Waals surface area contributed by atoms with Crippen LogP contribution in [-0.2, 0) is 11.3 Å². The molecule has 1 aromatic carbocycles. The fourth-order valence-electron chi connectivity index (χ4n) is 2.27. The predicted molar refractivity (Wildman–Crippen MR) is 82.9 cm³/mol. The summed E-state index contributed by atoms with van der Waals surface area (Å²) in [6, 6.07) is 7.96. The first kappa shape index (κ1) is 14.5. The van der Waals surface area contributed by atoms with Gasteiger partial charge in [-0.05, 0) is 24.3 Å². The average molecular weight is 302 g/mol. The van der Waals surface area contributed by atoms with E-state index < -0.39 is 0 Å². The number of nitrogens with zero attached hydrogens (tertiary/aromatic N) is 4. The minimum atomic E-state index is -0.280. The Labute approximate surface area is 128 Å². The minimum absolute atomic E-state index is 0.0755. The first-order valence-electron chi connectivity index (χ1n) is 7.05. The van der Waals surface area contributed by atoms with E-state index in [0.717, 1.165) is 37.7 Å². The molecule has 4 N–H and O–H groups in total. The highest BCUT2D eigenvalue weighted by atomic mass is 16.5. The molecule has 0 saturated carbocycles. The van der Waals surface area contributed by atoms with Gasteiger partial charge in [0.1, 0.15) is 6.61 Å². The molecule has 22 heavy (non-hydrogen) atoms. The Hall–Kier alpha value is -2.45. The van der Waals surface area contributed by atoms with Crippen molar-refractivity contribution in [3.8, 4) is 0 Å². The third-order valence-corrected chi connectivity index (χ3v) is 3.34. The molecule has 2 aromatic rings. The Kier molecular flexibility index (Phi) is 4.31. The Morgan fingerprint density at radius 1 is 1.14 bits per heavy atom. The maximum absolute atomic E-state index is 9.08. The summed E-state index contributed by atoms with van der Waals surface area (Å²) >= 11 is 0. The van der Waals surface area contributed by atoms with Crippen LogP contribution >= 0.6 is 0 Å². The van der Waals surface area contributed by atoms with Gasteiger partial charge in [-0.15, -0.1) is 0 Å². The van der Waals surface area contributed by atoms with Gasteiger partial charge < -0.3 is 25.8 Å². The van der Waals surface area contributed by atoms with Crippen LogP contribution in [0.2, 0.25) is 0 Å². The van der Waals surface area contributed by atoms with Crippen LogP contribution < -0.4 is 16.0 Å². The monoisotopic (exact) mass is 302 g/mol. The van der Waals surface area contributed by atoms with Crippen LogP contribution in [0.15, 0.2) is 24.3 Å². The smallest absolute Gasteiger partial charge is 0.232 e. The number of ether oxygens (including phenoxy) is 1. The largest absolute Gasteiger partial charge is 0.388 e. The van der Waals surface area contributed by atoms with Crippen LogP contribution in [0.4, 0.5) is 23.3 Å². The number of aliphatic hydroxyl groups excluding tert-OH is 1. The highest BCUT2D eigenvalue weighted by Crippen LogP contribution is 2.20. The lowest BCUT2D eigenvalue weighted by Gasteiger charge is -2.28. The number of rotatable bonds is 4. The second-order valence-electron chi connectivity index (χ2n) is 4.86. The van der Waals surface area contributed by atoms with Gasteiger partial charge in [0.05, 0.1) is 13.2 Å².